The molecule has 0 aliphatic rings. The van der Waals surface area contributed by atoms with Crippen molar-refractivity contribution in [2.75, 3.05) is 18.5 Å². The Morgan fingerprint density at radius 2 is 1.92 bits per heavy atom. The zero-order valence-electron chi connectivity index (χ0n) is 12.8. The molecule has 0 heterocycles. The van der Waals surface area contributed by atoms with Crippen molar-refractivity contribution in [2.45, 2.75) is 6.92 Å². The van der Waals surface area contributed by atoms with Gasteiger partial charge in [0.25, 0.3) is 5.91 Å². The van der Waals surface area contributed by atoms with Crippen molar-refractivity contribution in [3.8, 4) is 5.75 Å². The van der Waals surface area contributed by atoms with Crippen LogP contribution in [0.25, 0.3) is 0 Å². The van der Waals surface area contributed by atoms with Crippen LogP contribution in [0.5, 0.6) is 5.75 Å². The molecule has 0 aliphatic heterocycles. The molecule has 7 heteroatoms. The van der Waals surface area contributed by atoms with Crippen LogP contribution in [0.3, 0.4) is 0 Å². The summed E-state index contributed by atoms with van der Waals surface area (Å²) in [4.78, 5) is 23.8. The van der Waals surface area contributed by atoms with Crippen molar-refractivity contribution in [1.82, 2.24) is 0 Å². The molecule has 0 spiro atoms. The maximum Gasteiger partial charge on any atom is 0.343 e. The quantitative estimate of drug-likeness (QED) is 0.806. The minimum atomic E-state index is -1.01. The Hall–Kier alpha value is -2.60. The molecule has 2 rings (SSSR count). The van der Waals surface area contributed by atoms with Crippen molar-refractivity contribution in [3.63, 3.8) is 0 Å². The van der Waals surface area contributed by atoms with E-state index in [2.05, 4.69) is 5.32 Å². The van der Waals surface area contributed by atoms with E-state index in [1.807, 2.05) is 6.92 Å². The highest BCUT2D eigenvalue weighted by Gasteiger charge is 2.18. The minimum Gasteiger partial charge on any atom is -0.492 e. The first-order valence-electron chi connectivity index (χ1n) is 7.15. The van der Waals surface area contributed by atoms with E-state index in [0.29, 0.717) is 18.0 Å². The van der Waals surface area contributed by atoms with Crippen LogP contribution in [0.15, 0.2) is 42.5 Å². The van der Waals surface area contributed by atoms with Crippen LogP contribution in [0.4, 0.5) is 10.1 Å². The number of hydrogen-bond donors (Lipinski definition) is 1. The number of benzene rings is 2. The summed E-state index contributed by atoms with van der Waals surface area (Å²) in [6, 6.07) is 10.7. The van der Waals surface area contributed by atoms with Gasteiger partial charge in [-0.3, -0.25) is 4.79 Å². The lowest BCUT2D eigenvalue weighted by Crippen LogP contribution is -2.21. The second kappa shape index (κ2) is 8.31. The Balaban J connectivity index is 1.98. The third-order valence-electron chi connectivity index (χ3n) is 2.96. The topological polar surface area (TPSA) is 64.6 Å². The van der Waals surface area contributed by atoms with E-state index in [9.17, 15) is 14.0 Å². The Morgan fingerprint density at radius 3 is 2.62 bits per heavy atom. The van der Waals surface area contributed by atoms with Crippen LogP contribution in [0, 0.1) is 5.82 Å². The number of anilines is 1. The number of nitrogens with one attached hydrogen (secondary N) is 1. The van der Waals surface area contributed by atoms with Gasteiger partial charge in [0.05, 0.1) is 17.3 Å². The normalized spacial score (nSPS) is 10.1. The van der Waals surface area contributed by atoms with Gasteiger partial charge in [-0.15, -0.1) is 0 Å². The molecule has 1 N–H and O–H groups in total. The predicted molar refractivity (Wildman–Crippen MR) is 87.9 cm³/mol. The molecule has 0 fully saturated rings. The zero-order chi connectivity index (χ0) is 17.5. The largest absolute Gasteiger partial charge is 0.492 e. The second-order valence-electron chi connectivity index (χ2n) is 4.65. The molecule has 0 aliphatic carbocycles. The number of ether oxygens (including phenoxy) is 2. The number of para-hydroxylation sites is 2. The third-order valence-corrected chi connectivity index (χ3v) is 3.28. The van der Waals surface area contributed by atoms with Crippen molar-refractivity contribution in [1.29, 1.82) is 0 Å². The van der Waals surface area contributed by atoms with Gasteiger partial charge in [0.2, 0.25) is 0 Å². The lowest BCUT2D eigenvalue weighted by Gasteiger charge is -2.11. The highest BCUT2D eigenvalue weighted by molar-refractivity contribution is 6.33. The van der Waals surface area contributed by atoms with E-state index in [4.69, 9.17) is 21.1 Å². The van der Waals surface area contributed by atoms with Crippen LogP contribution < -0.4 is 10.1 Å². The van der Waals surface area contributed by atoms with E-state index >= 15 is 0 Å². The van der Waals surface area contributed by atoms with E-state index in [1.54, 1.807) is 24.3 Å². The smallest absolute Gasteiger partial charge is 0.343 e. The first kappa shape index (κ1) is 17.7. The standard InChI is InChI=1S/C17H15ClFNO4/c1-2-23-14-9-4-3-8-13(14)20-15(21)10-24-17(22)16-11(18)6-5-7-12(16)19/h3-9H,2,10H2,1H3,(H,20,21). The van der Waals surface area contributed by atoms with Gasteiger partial charge in [-0.2, -0.15) is 0 Å². The van der Waals surface area contributed by atoms with Gasteiger partial charge >= 0.3 is 5.97 Å². The van der Waals surface area contributed by atoms with Crippen molar-refractivity contribution >= 4 is 29.2 Å². The number of rotatable bonds is 6. The van der Waals surface area contributed by atoms with Gasteiger partial charge in [-0.1, -0.05) is 29.8 Å². The maximum absolute atomic E-state index is 13.6. The fraction of sp³-hybridized carbons (Fsp3) is 0.176. The molecule has 0 radical (unpaired) electrons. The lowest BCUT2D eigenvalue weighted by molar-refractivity contribution is -0.119. The molecule has 0 unspecified atom stereocenters. The first-order valence-corrected chi connectivity index (χ1v) is 7.53. The molecule has 0 atom stereocenters. The van der Waals surface area contributed by atoms with Crippen molar-refractivity contribution in [2.24, 2.45) is 0 Å². The Bertz CT molecular complexity index is 731. The highest BCUT2D eigenvalue weighted by atomic mass is 35.5. The number of amides is 1. The van der Waals surface area contributed by atoms with Crippen LogP contribution in [0.2, 0.25) is 5.02 Å². The second-order valence-corrected chi connectivity index (χ2v) is 5.06. The van der Waals surface area contributed by atoms with E-state index in [-0.39, 0.29) is 5.02 Å². The summed E-state index contributed by atoms with van der Waals surface area (Å²) in [5.41, 5.74) is 0.0472. The molecule has 126 valence electrons. The molecular formula is C17H15ClFNO4. The summed E-state index contributed by atoms with van der Waals surface area (Å²) in [5, 5.41) is 2.48. The SMILES string of the molecule is CCOc1ccccc1NC(=O)COC(=O)c1c(F)cccc1Cl. The first-order chi connectivity index (χ1) is 11.5. The van der Waals surface area contributed by atoms with Crippen LogP contribution >= 0.6 is 11.6 Å². The molecule has 5 nitrogen and oxygen atoms in total. The predicted octanol–water partition coefficient (Wildman–Crippen LogP) is 3.67. The summed E-state index contributed by atoms with van der Waals surface area (Å²) in [7, 11) is 0. The summed E-state index contributed by atoms with van der Waals surface area (Å²) >= 11 is 5.77. The summed E-state index contributed by atoms with van der Waals surface area (Å²) in [6.45, 7) is 1.68. The van der Waals surface area contributed by atoms with Gasteiger partial charge in [0, 0.05) is 0 Å². The fourth-order valence-electron chi connectivity index (χ4n) is 1.93. The van der Waals surface area contributed by atoms with Gasteiger partial charge in [0.1, 0.15) is 17.1 Å². The molecular weight excluding hydrogens is 337 g/mol. The van der Waals surface area contributed by atoms with E-state index in [1.165, 1.54) is 12.1 Å². The Morgan fingerprint density at radius 1 is 1.17 bits per heavy atom. The number of esters is 1. The summed E-state index contributed by atoms with van der Waals surface area (Å²) < 4.78 is 23.8. The molecule has 2 aromatic rings. The molecule has 24 heavy (non-hydrogen) atoms. The van der Waals surface area contributed by atoms with E-state index in [0.717, 1.165) is 6.07 Å². The van der Waals surface area contributed by atoms with Gasteiger partial charge in [-0.05, 0) is 31.2 Å². The number of carbonyl (C=O) groups is 2. The average Bonchev–Trinajstić information content (AvgIpc) is 2.55. The Labute approximate surface area is 143 Å². The van der Waals surface area contributed by atoms with Crippen LogP contribution in [-0.4, -0.2) is 25.1 Å². The molecule has 0 saturated heterocycles. The third kappa shape index (κ3) is 4.45. The van der Waals surface area contributed by atoms with Crippen LogP contribution in [-0.2, 0) is 9.53 Å². The zero-order valence-corrected chi connectivity index (χ0v) is 13.6. The molecule has 1 amide bonds. The summed E-state index contributed by atoms with van der Waals surface area (Å²) in [5.74, 6) is -1.90. The van der Waals surface area contributed by atoms with Gasteiger partial charge in [-0.25, -0.2) is 9.18 Å². The fourth-order valence-corrected chi connectivity index (χ4v) is 2.17. The number of halogens is 2. The maximum atomic E-state index is 13.6. The lowest BCUT2D eigenvalue weighted by atomic mass is 10.2. The number of hydrogen-bond acceptors (Lipinski definition) is 4. The van der Waals surface area contributed by atoms with Gasteiger partial charge < -0.3 is 14.8 Å². The minimum absolute atomic E-state index is 0.0814. The Kier molecular flexibility index (Phi) is 6.14. The van der Waals surface area contributed by atoms with E-state index < -0.39 is 29.9 Å². The van der Waals surface area contributed by atoms with Crippen LogP contribution in [0.1, 0.15) is 17.3 Å². The van der Waals surface area contributed by atoms with Crippen molar-refractivity contribution < 1.29 is 23.5 Å². The molecule has 0 bridgehead atoms. The van der Waals surface area contributed by atoms with Crippen molar-refractivity contribution in [3.05, 3.63) is 58.9 Å². The monoisotopic (exact) mass is 351 g/mol. The molecule has 2 aromatic carbocycles. The average molecular weight is 352 g/mol. The highest BCUT2D eigenvalue weighted by Crippen LogP contribution is 2.23. The number of carbonyl (C=O) groups excluding carboxylic acids is 2. The molecule has 0 saturated carbocycles. The summed E-state index contributed by atoms with van der Waals surface area (Å²) in [6.07, 6.45) is 0. The van der Waals surface area contributed by atoms with Gasteiger partial charge in [0.15, 0.2) is 6.61 Å². The molecule has 0 aromatic heterocycles.